The van der Waals surface area contributed by atoms with E-state index in [4.69, 9.17) is 4.74 Å². The van der Waals surface area contributed by atoms with Crippen LogP contribution in [-0.2, 0) is 9.53 Å². The van der Waals surface area contributed by atoms with Gasteiger partial charge in [-0.1, -0.05) is 13.0 Å². The van der Waals surface area contributed by atoms with Crippen molar-refractivity contribution in [3.63, 3.8) is 0 Å². The summed E-state index contributed by atoms with van der Waals surface area (Å²) in [4.78, 5) is 34.5. The number of hydrogen-bond acceptors (Lipinski definition) is 5. The predicted molar refractivity (Wildman–Crippen MR) is 93.5 cm³/mol. The minimum Gasteiger partial charge on any atom is -0.434 e. The molecule has 1 aromatic carbocycles. The van der Waals surface area contributed by atoms with Crippen molar-refractivity contribution in [3.05, 3.63) is 42.0 Å². The predicted octanol–water partition coefficient (Wildman–Crippen LogP) is 2.42. The number of hydrogen-bond donors (Lipinski definition) is 2. The molecule has 7 heteroatoms. The Morgan fingerprint density at radius 2 is 1.72 bits per heavy atom. The molecule has 25 heavy (non-hydrogen) atoms. The molecule has 2 amide bonds. The van der Waals surface area contributed by atoms with E-state index in [0.29, 0.717) is 30.8 Å². The van der Waals surface area contributed by atoms with E-state index in [1.54, 1.807) is 25.1 Å². The summed E-state index contributed by atoms with van der Waals surface area (Å²) in [6.45, 7) is 4.79. The van der Waals surface area contributed by atoms with Crippen molar-refractivity contribution in [2.75, 3.05) is 19.7 Å². The standard InChI is InChI=1S/C18H24N2O5/c1-3-5-7-16(21)19-12-6-13-20-17(22)14-8-10-15(11-9-14)25-18(23)24-4-2/h5,7-11H,3-4,6,12-13H2,1-2H3,(H,19,21)(H,20,22)/b7-5+. The van der Waals surface area contributed by atoms with E-state index in [0.717, 1.165) is 6.42 Å². The van der Waals surface area contributed by atoms with Crippen molar-refractivity contribution < 1.29 is 23.9 Å². The molecular formula is C18H24N2O5. The summed E-state index contributed by atoms with van der Waals surface area (Å²) in [5.41, 5.74) is 0.450. The summed E-state index contributed by atoms with van der Waals surface area (Å²) in [7, 11) is 0. The molecule has 0 radical (unpaired) electrons. The Kier molecular flexibility index (Phi) is 9.43. The Bertz CT molecular complexity index is 596. The van der Waals surface area contributed by atoms with Gasteiger partial charge < -0.3 is 20.1 Å². The number of ether oxygens (including phenoxy) is 2. The lowest BCUT2D eigenvalue weighted by Gasteiger charge is -2.07. The van der Waals surface area contributed by atoms with E-state index < -0.39 is 6.16 Å². The first kappa shape index (κ1) is 20.2. The first-order chi connectivity index (χ1) is 12.1. The van der Waals surface area contributed by atoms with E-state index in [1.807, 2.05) is 6.92 Å². The van der Waals surface area contributed by atoms with Gasteiger partial charge in [-0.3, -0.25) is 9.59 Å². The van der Waals surface area contributed by atoms with Gasteiger partial charge in [0.25, 0.3) is 5.91 Å². The molecule has 0 spiro atoms. The Balaban J connectivity index is 2.29. The molecular weight excluding hydrogens is 324 g/mol. The molecule has 0 unspecified atom stereocenters. The maximum Gasteiger partial charge on any atom is 0.513 e. The van der Waals surface area contributed by atoms with Crippen LogP contribution in [0.15, 0.2) is 36.4 Å². The molecule has 0 aliphatic carbocycles. The van der Waals surface area contributed by atoms with Crippen LogP contribution in [0.3, 0.4) is 0 Å². The molecule has 1 rings (SSSR count). The number of benzene rings is 1. The molecule has 0 saturated carbocycles. The van der Waals surface area contributed by atoms with Crippen LogP contribution in [0.1, 0.15) is 37.0 Å². The molecule has 0 atom stereocenters. The van der Waals surface area contributed by atoms with E-state index in [9.17, 15) is 14.4 Å². The molecule has 2 N–H and O–H groups in total. The van der Waals surface area contributed by atoms with Crippen LogP contribution in [0.25, 0.3) is 0 Å². The van der Waals surface area contributed by atoms with Gasteiger partial charge in [-0.05, 0) is 50.1 Å². The maximum absolute atomic E-state index is 12.0. The second kappa shape index (κ2) is 11.7. The van der Waals surface area contributed by atoms with Crippen molar-refractivity contribution in [2.45, 2.75) is 26.7 Å². The smallest absolute Gasteiger partial charge is 0.434 e. The van der Waals surface area contributed by atoms with Crippen LogP contribution in [0.4, 0.5) is 4.79 Å². The number of nitrogens with one attached hydrogen (secondary N) is 2. The van der Waals surface area contributed by atoms with Crippen LogP contribution in [0.2, 0.25) is 0 Å². The SMILES string of the molecule is CC/C=C/C(=O)NCCCNC(=O)c1ccc(OC(=O)OCC)cc1. The lowest BCUT2D eigenvalue weighted by molar-refractivity contribution is -0.116. The average Bonchev–Trinajstić information content (AvgIpc) is 2.60. The monoisotopic (exact) mass is 348 g/mol. The topological polar surface area (TPSA) is 93.7 Å². The minimum absolute atomic E-state index is 0.134. The molecule has 0 fully saturated rings. The van der Waals surface area contributed by atoms with Crippen LogP contribution >= 0.6 is 0 Å². The third kappa shape index (κ3) is 8.55. The third-order valence-corrected chi connectivity index (χ3v) is 3.02. The molecule has 0 aromatic heterocycles. The van der Waals surface area contributed by atoms with Crippen molar-refractivity contribution in [3.8, 4) is 5.75 Å². The van der Waals surface area contributed by atoms with Crippen LogP contribution in [0.5, 0.6) is 5.75 Å². The normalized spacial score (nSPS) is 10.3. The van der Waals surface area contributed by atoms with Crippen LogP contribution in [0, 0.1) is 0 Å². The lowest BCUT2D eigenvalue weighted by atomic mass is 10.2. The van der Waals surface area contributed by atoms with E-state index in [-0.39, 0.29) is 18.4 Å². The molecule has 1 aromatic rings. The summed E-state index contributed by atoms with van der Waals surface area (Å²) in [5.74, 6) is -0.0666. The minimum atomic E-state index is -0.782. The molecule has 0 aliphatic rings. The fourth-order valence-corrected chi connectivity index (χ4v) is 1.81. The lowest BCUT2D eigenvalue weighted by Crippen LogP contribution is -2.29. The highest BCUT2D eigenvalue weighted by Crippen LogP contribution is 2.12. The van der Waals surface area contributed by atoms with E-state index >= 15 is 0 Å². The average molecular weight is 348 g/mol. The van der Waals surface area contributed by atoms with Gasteiger partial charge in [0.2, 0.25) is 5.91 Å². The Labute approximate surface area is 147 Å². The quantitative estimate of drug-likeness (QED) is 0.309. The Morgan fingerprint density at radius 3 is 2.36 bits per heavy atom. The summed E-state index contributed by atoms with van der Waals surface area (Å²) in [5, 5.41) is 5.49. The first-order valence-corrected chi connectivity index (χ1v) is 8.24. The van der Waals surface area contributed by atoms with Gasteiger partial charge in [0, 0.05) is 18.7 Å². The van der Waals surface area contributed by atoms with Crippen molar-refractivity contribution in [1.29, 1.82) is 0 Å². The van der Waals surface area contributed by atoms with Crippen molar-refractivity contribution in [2.24, 2.45) is 0 Å². The molecule has 136 valence electrons. The summed E-state index contributed by atoms with van der Waals surface area (Å²) < 4.78 is 9.58. The maximum atomic E-state index is 12.0. The fraction of sp³-hybridized carbons (Fsp3) is 0.389. The second-order valence-electron chi connectivity index (χ2n) is 5.02. The molecule has 0 heterocycles. The summed E-state index contributed by atoms with van der Waals surface area (Å²) in [6, 6.07) is 6.15. The van der Waals surface area contributed by atoms with Gasteiger partial charge in [-0.25, -0.2) is 4.79 Å². The molecule has 7 nitrogen and oxygen atoms in total. The van der Waals surface area contributed by atoms with Gasteiger partial charge in [0.05, 0.1) is 6.61 Å². The molecule has 0 bridgehead atoms. The zero-order valence-corrected chi connectivity index (χ0v) is 14.5. The number of carbonyl (C=O) groups excluding carboxylic acids is 3. The van der Waals surface area contributed by atoms with Crippen LogP contribution in [-0.4, -0.2) is 37.7 Å². The first-order valence-electron chi connectivity index (χ1n) is 8.24. The number of allylic oxidation sites excluding steroid dienone is 1. The van der Waals surface area contributed by atoms with Gasteiger partial charge in [0.15, 0.2) is 0 Å². The number of amides is 2. The molecule has 0 aliphatic heterocycles. The third-order valence-electron chi connectivity index (χ3n) is 3.02. The van der Waals surface area contributed by atoms with Crippen LogP contribution < -0.4 is 15.4 Å². The van der Waals surface area contributed by atoms with Gasteiger partial charge in [-0.15, -0.1) is 0 Å². The summed E-state index contributed by atoms with van der Waals surface area (Å²) in [6.07, 6.45) is 3.94. The Hall–Kier alpha value is -2.83. The zero-order chi connectivity index (χ0) is 18.5. The highest BCUT2D eigenvalue weighted by molar-refractivity contribution is 5.94. The van der Waals surface area contributed by atoms with Crippen molar-refractivity contribution in [1.82, 2.24) is 10.6 Å². The van der Waals surface area contributed by atoms with E-state index in [2.05, 4.69) is 15.4 Å². The fourth-order valence-electron chi connectivity index (χ4n) is 1.81. The highest BCUT2D eigenvalue weighted by atomic mass is 16.7. The summed E-state index contributed by atoms with van der Waals surface area (Å²) >= 11 is 0. The number of rotatable bonds is 9. The number of carbonyl (C=O) groups is 3. The Morgan fingerprint density at radius 1 is 1.04 bits per heavy atom. The zero-order valence-electron chi connectivity index (χ0n) is 14.5. The second-order valence-corrected chi connectivity index (χ2v) is 5.02. The van der Waals surface area contributed by atoms with Crippen molar-refractivity contribution >= 4 is 18.0 Å². The largest absolute Gasteiger partial charge is 0.513 e. The van der Waals surface area contributed by atoms with Gasteiger partial charge in [-0.2, -0.15) is 0 Å². The van der Waals surface area contributed by atoms with Gasteiger partial charge >= 0.3 is 6.16 Å². The van der Waals surface area contributed by atoms with Gasteiger partial charge in [0.1, 0.15) is 5.75 Å². The molecule has 0 saturated heterocycles. The highest BCUT2D eigenvalue weighted by Gasteiger charge is 2.08. The van der Waals surface area contributed by atoms with E-state index in [1.165, 1.54) is 18.2 Å².